The molecule has 0 saturated carbocycles. The van der Waals surface area contributed by atoms with Crippen molar-refractivity contribution in [1.29, 1.82) is 0 Å². The Morgan fingerprint density at radius 2 is 1.48 bits per heavy atom. The lowest BCUT2D eigenvalue weighted by atomic mass is 9.80. The highest BCUT2D eigenvalue weighted by atomic mass is 15.2. The second-order valence-electron chi connectivity index (χ2n) is 9.99. The highest BCUT2D eigenvalue weighted by molar-refractivity contribution is 5.99. The van der Waals surface area contributed by atoms with Gasteiger partial charge >= 0.3 is 0 Å². The van der Waals surface area contributed by atoms with Crippen LogP contribution in [0, 0.1) is 0 Å². The molecule has 0 atom stereocenters. The largest absolute Gasteiger partial charge is 0.347 e. The van der Waals surface area contributed by atoms with Crippen LogP contribution in [0.3, 0.4) is 0 Å². The van der Waals surface area contributed by atoms with Gasteiger partial charge in [0.25, 0.3) is 0 Å². The van der Waals surface area contributed by atoms with Crippen molar-refractivity contribution >= 4 is 22.0 Å². The summed E-state index contributed by atoms with van der Waals surface area (Å²) in [5, 5.41) is 2.68. The zero-order valence-corrected chi connectivity index (χ0v) is 19.5. The summed E-state index contributed by atoms with van der Waals surface area (Å²) in [5.74, 6) is 0. The van der Waals surface area contributed by atoms with E-state index in [9.17, 15) is 0 Å². The van der Waals surface area contributed by atoms with Crippen molar-refractivity contribution in [2.75, 3.05) is 11.9 Å². The Morgan fingerprint density at radius 3 is 2.26 bits per heavy atom. The second kappa shape index (κ2) is 6.72. The molecule has 1 heteroatoms. The SMILES string of the molecule is CC1=C(/C=C/C=C2/N(C)c3ccccc3C2(C)C)C(C)(C)c2ccc3ccccc3c21. The highest BCUT2D eigenvalue weighted by Gasteiger charge is 2.38. The first-order valence-corrected chi connectivity index (χ1v) is 11.2. The lowest BCUT2D eigenvalue weighted by Crippen LogP contribution is -2.22. The van der Waals surface area contributed by atoms with E-state index in [1.54, 1.807) is 0 Å². The zero-order valence-electron chi connectivity index (χ0n) is 19.5. The average molecular weight is 406 g/mol. The van der Waals surface area contributed by atoms with E-state index in [0.29, 0.717) is 0 Å². The van der Waals surface area contributed by atoms with Crippen LogP contribution < -0.4 is 4.90 Å². The Labute approximate surface area is 186 Å². The van der Waals surface area contributed by atoms with Crippen LogP contribution in [0.25, 0.3) is 16.3 Å². The first-order valence-electron chi connectivity index (χ1n) is 11.2. The molecule has 0 amide bonds. The molecule has 3 aromatic rings. The van der Waals surface area contributed by atoms with Gasteiger partial charge < -0.3 is 4.90 Å². The van der Waals surface area contributed by atoms with Crippen molar-refractivity contribution in [1.82, 2.24) is 0 Å². The van der Waals surface area contributed by atoms with Crippen LogP contribution in [0.5, 0.6) is 0 Å². The van der Waals surface area contributed by atoms with Gasteiger partial charge in [0.05, 0.1) is 0 Å². The Bertz CT molecular complexity index is 1300. The number of benzene rings is 3. The molecule has 1 heterocycles. The minimum Gasteiger partial charge on any atom is -0.347 e. The van der Waals surface area contributed by atoms with Gasteiger partial charge in [-0.2, -0.15) is 0 Å². The number of rotatable bonds is 2. The molecule has 0 spiro atoms. The summed E-state index contributed by atoms with van der Waals surface area (Å²) in [6, 6.07) is 22.1. The van der Waals surface area contributed by atoms with Gasteiger partial charge in [-0.15, -0.1) is 0 Å². The van der Waals surface area contributed by atoms with Gasteiger partial charge in [-0.1, -0.05) is 94.4 Å². The Hall–Kier alpha value is -3.06. The highest BCUT2D eigenvalue weighted by Crippen LogP contribution is 2.49. The summed E-state index contributed by atoms with van der Waals surface area (Å²) in [5.41, 5.74) is 9.70. The van der Waals surface area contributed by atoms with Crippen LogP contribution >= 0.6 is 0 Å². The number of hydrogen-bond acceptors (Lipinski definition) is 1. The lowest BCUT2D eigenvalue weighted by Gasteiger charge is -2.24. The summed E-state index contributed by atoms with van der Waals surface area (Å²) < 4.78 is 0. The summed E-state index contributed by atoms with van der Waals surface area (Å²) in [4.78, 5) is 2.34. The maximum absolute atomic E-state index is 2.35. The van der Waals surface area contributed by atoms with Crippen molar-refractivity contribution in [2.45, 2.75) is 45.4 Å². The Kier molecular flexibility index (Phi) is 4.31. The quantitative estimate of drug-likeness (QED) is 0.421. The fourth-order valence-electron chi connectivity index (χ4n) is 5.82. The summed E-state index contributed by atoms with van der Waals surface area (Å²) >= 11 is 0. The molecule has 1 aliphatic heterocycles. The van der Waals surface area contributed by atoms with Crippen LogP contribution in [-0.2, 0) is 10.8 Å². The number of fused-ring (bicyclic) bond motifs is 4. The standard InChI is InChI=1S/C30H31N/c1-20-23(29(2,3)25-19-18-21-12-7-8-13-22(21)28(20)25)15-11-17-27-30(4,5)24-14-9-10-16-26(24)31(27)6/h7-19H,1-6H3/b15-11+,27-17+. The smallest absolute Gasteiger partial charge is 0.0447 e. The first-order chi connectivity index (χ1) is 14.7. The van der Waals surface area contributed by atoms with E-state index in [4.69, 9.17) is 0 Å². The number of allylic oxidation sites excluding steroid dienone is 6. The molecule has 0 aromatic heterocycles. The molecule has 31 heavy (non-hydrogen) atoms. The van der Waals surface area contributed by atoms with Crippen molar-refractivity contribution in [3.63, 3.8) is 0 Å². The molecular weight excluding hydrogens is 374 g/mol. The minimum absolute atomic E-state index is 0.00147. The molecule has 3 aromatic carbocycles. The molecule has 0 radical (unpaired) electrons. The monoisotopic (exact) mass is 405 g/mol. The van der Waals surface area contributed by atoms with Gasteiger partial charge in [-0.3, -0.25) is 0 Å². The Morgan fingerprint density at radius 1 is 0.774 bits per heavy atom. The van der Waals surface area contributed by atoms with Crippen LogP contribution in [-0.4, -0.2) is 7.05 Å². The molecule has 1 nitrogen and oxygen atoms in total. The number of anilines is 1. The molecule has 0 bridgehead atoms. The zero-order chi connectivity index (χ0) is 22.0. The average Bonchev–Trinajstić information content (AvgIpc) is 3.08. The maximum Gasteiger partial charge on any atom is 0.0447 e. The normalized spacial score (nSPS) is 20.2. The van der Waals surface area contributed by atoms with Gasteiger partial charge in [-0.25, -0.2) is 0 Å². The fraction of sp³-hybridized carbons (Fsp3) is 0.267. The van der Waals surface area contributed by atoms with Crippen molar-refractivity contribution in [2.24, 2.45) is 0 Å². The topological polar surface area (TPSA) is 3.24 Å². The molecule has 5 rings (SSSR count). The first kappa shape index (κ1) is 19.9. The predicted molar refractivity (Wildman–Crippen MR) is 135 cm³/mol. The lowest BCUT2D eigenvalue weighted by molar-refractivity contribution is 0.640. The number of nitrogens with zero attached hydrogens (tertiary/aromatic N) is 1. The summed E-state index contributed by atoms with van der Waals surface area (Å²) in [6.45, 7) is 11.6. The van der Waals surface area contributed by atoms with Crippen LogP contribution in [0.15, 0.2) is 90.2 Å². The van der Waals surface area contributed by atoms with Gasteiger partial charge in [-0.05, 0) is 57.7 Å². The molecule has 0 unspecified atom stereocenters. The van der Waals surface area contributed by atoms with E-state index in [2.05, 4.69) is 125 Å². The van der Waals surface area contributed by atoms with Crippen molar-refractivity contribution < 1.29 is 0 Å². The Balaban J connectivity index is 1.57. The molecule has 156 valence electrons. The van der Waals surface area contributed by atoms with Crippen molar-refractivity contribution in [3.8, 4) is 0 Å². The van der Waals surface area contributed by atoms with E-state index in [1.165, 1.54) is 50.0 Å². The van der Waals surface area contributed by atoms with Gasteiger partial charge in [0, 0.05) is 29.3 Å². The minimum atomic E-state index is -0.00147. The second-order valence-corrected chi connectivity index (χ2v) is 9.99. The van der Waals surface area contributed by atoms with Gasteiger partial charge in [0.15, 0.2) is 0 Å². The molecular formula is C30H31N. The molecule has 1 aliphatic carbocycles. The van der Waals surface area contributed by atoms with Crippen molar-refractivity contribution in [3.05, 3.63) is 107 Å². The number of hydrogen-bond donors (Lipinski definition) is 0. The molecule has 0 fully saturated rings. The third-order valence-corrected chi connectivity index (χ3v) is 7.51. The van der Waals surface area contributed by atoms with E-state index < -0.39 is 0 Å². The number of para-hydroxylation sites is 1. The van der Waals surface area contributed by atoms with Gasteiger partial charge in [0.1, 0.15) is 0 Å². The van der Waals surface area contributed by atoms with E-state index in [1.807, 2.05) is 0 Å². The van der Waals surface area contributed by atoms with Crippen LogP contribution in [0.4, 0.5) is 5.69 Å². The summed E-state index contributed by atoms with van der Waals surface area (Å²) in [6.07, 6.45) is 6.90. The third-order valence-electron chi connectivity index (χ3n) is 7.51. The fourth-order valence-corrected chi connectivity index (χ4v) is 5.82. The van der Waals surface area contributed by atoms with E-state index in [-0.39, 0.29) is 10.8 Å². The number of likely N-dealkylation sites (N-methyl/N-ethyl adjacent to an activating group) is 1. The molecule has 0 saturated heterocycles. The van der Waals surface area contributed by atoms with E-state index in [0.717, 1.165) is 0 Å². The molecule has 0 N–H and O–H groups in total. The van der Waals surface area contributed by atoms with E-state index >= 15 is 0 Å². The summed E-state index contributed by atoms with van der Waals surface area (Å²) in [7, 11) is 2.18. The van der Waals surface area contributed by atoms with Crippen LogP contribution in [0.2, 0.25) is 0 Å². The maximum atomic E-state index is 2.35. The van der Waals surface area contributed by atoms with Gasteiger partial charge in [0.2, 0.25) is 0 Å². The predicted octanol–water partition coefficient (Wildman–Crippen LogP) is 7.77. The van der Waals surface area contributed by atoms with Crippen LogP contribution in [0.1, 0.15) is 51.3 Å². The molecule has 2 aliphatic rings. The third kappa shape index (κ3) is 2.76.